The number of alkyl halides is 2. The number of carbonyl (C=O) groups is 1. The molecule has 0 saturated heterocycles. The summed E-state index contributed by atoms with van der Waals surface area (Å²) in [6.07, 6.45) is -0.605. The fraction of sp³-hybridized carbons (Fsp3) is 0.857. The maximum absolute atomic E-state index is 12.3. The highest BCUT2D eigenvalue weighted by molar-refractivity contribution is 5.85. The van der Waals surface area contributed by atoms with Crippen LogP contribution >= 0.6 is 12.4 Å². The van der Waals surface area contributed by atoms with Gasteiger partial charge in [-0.2, -0.15) is 0 Å². The molecule has 6 heteroatoms. The van der Waals surface area contributed by atoms with Gasteiger partial charge in [-0.05, 0) is 5.92 Å². The van der Waals surface area contributed by atoms with Gasteiger partial charge in [-0.1, -0.05) is 0 Å². The molecule has 2 N–H and O–H groups in total. The second kappa shape index (κ2) is 4.19. The molecule has 0 spiro atoms. The van der Waals surface area contributed by atoms with Crippen LogP contribution in [0.25, 0.3) is 0 Å². The molecule has 0 bridgehead atoms. The highest BCUT2D eigenvalue weighted by Crippen LogP contribution is 2.43. The largest absolute Gasteiger partial charge is 0.468 e. The molecule has 0 radical (unpaired) electrons. The Morgan fingerprint density at radius 2 is 2.08 bits per heavy atom. The minimum absolute atomic E-state index is 0. The normalized spacial score (nSPS) is 22.5. The van der Waals surface area contributed by atoms with Gasteiger partial charge >= 0.3 is 5.97 Å². The Morgan fingerprint density at radius 3 is 2.38 bits per heavy atom. The Balaban J connectivity index is 0.00000144. The first kappa shape index (κ1) is 12.6. The second-order valence-electron chi connectivity index (χ2n) is 3.07. The Morgan fingerprint density at radius 1 is 1.62 bits per heavy atom. The van der Waals surface area contributed by atoms with Gasteiger partial charge in [-0.3, -0.25) is 4.79 Å². The lowest BCUT2D eigenvalue weighted by atomic mass is 9.77. The molecular weight excluding hydrogens is 204 g/mol. The number of esters is 1. The van der Waals surface area contributed by atoms with Crippen LogP contribution in [0.3, 0.4) is 0 Å². The summed E-state index contributed by atoms with van der Waals surface area (Å²) in [6, 6.07) is -0.894. The van der Waals surface area contributed by atoms with E-state index < -0.39 is 23.9 Å². The van der Waals surface area contributed by atoms with Crippen molar-refractivity contribution in [3.8, 4) is 0 Å². The molecule has 0 heterocycles. The lowest BCUT2D eigenvalue weighted by Crippen LogP contribution is -2.49. The molecule has 0 aromatic heterocycles. The van der Waals surface area contributed by atoms with Crippen LogP contribution < -0.4 is 5.73 Å². The molecule has 0 aromatic carbocycles. The van der Waals surface area contributed by atoms with Gasteiger partial charge in [-0.25, -0.2) is 8.78 Å². The van der Waals surface area contributed by atoms with E-state index in [-0.39, 0.29) is 25.2 Å². The summed E-state index contributed by atoms with van der Waals surface area (Å²) in [5.74, 6) is -3.67. The van der Waals surface area contributed by atoms with Crippen LogP contribution in [-0.2, 0) is 9.53 Å². The minimum atomic E-state index is -2.63. The maximum atomic E-state index is 12.3. The van der Waals surface area contributed by atoms with Gasteiger partial charge in [0.25, 0.3) is 0 Å². The zero-order valence-electron chi connectivity index (χ0n) is 7.13. The molecule has 78 valence electrons. The Bertz CT molecular complexity index is 193. The zero-order valence-corrected chi connectivity index (χ0v) is 7.94. The van der Waals surface area contributed by atoms with Gasteiger partial charge in [0, 0.05) is 12.8 Å². The topological polar surface area (TPSA) is 52.3 Å². The second-order valence-corrected chi connectivity index (χ2v) is 3.07. The number of rotatable bonds is 2. The molecule has 1 fully saturated rings. The molecule has 0 aliphatic heterocycles. The summed E-state index contributed by atoms with van der Waals surface area (Å²) < 4.78 is 28.9. The maximum Gasteiger partial charge on any atom is 0.322 e. The van der Waals surface area contributed by atoms with Crippen LogP contribution in [0.5, 0.6) is 0 Å². The average Bonchev–Trinajstić information content (AvgIpc) is 1.97. The molecular formula is C7H12ClF2NO2. The number of methoxy groups -OCH3 is 1. The summed E-state index contributed by atoms with van der Waals surface area (Å²) in [5, 5.41) is 0. The molecule has 1 atom stereocenters. The first-order chi connectivity index (χ1) is 5.46. The van der Waals surface area contributed by atoms with E-state index in [9.17, 15) is 13.6 Å². The third kappa shape index (κ3) is 2.77. The molecule has 0 amide bonds. The van der Waals surface area contributed by atoms with Crippen molar-refractivity contribution < 1.29 is 18.3 Å². The molecule has 1 rings (SSSR count). The highest BCUT2D eigenvalue weighted by atomic mass is 35.5. The van der Waals surface area contributed by atoms with Crippen molar-refractivity contribution in [3.63, 3.8) is 0 Å². The quantitative estimate of drug-likeness (QED) is 0.698. The van der Waals surface area contributed by atoms with Crippen molar-refractivity contribution in [2.45, 2.75) is 24.8 Å². The van der Waals surface area contributed by atoms with Gasteiger partial charge in [0.2, 0.25) is 5.92 Å². The summed E-state index contributed by atoms with van der Waals surface area (Å²) in [4.78, 5) is 10.8. The van der Waals surface area contributed by atoms with Crippen LogP contribution in [0, 0.1) is 5.92 Å². The summed E-state index contributed by atoms with van der Waals surface area (Å²) in [6.45, 7) is 0. The van der Waals surface area contributed by atoms with Crippen molar-refractivity contribution in [2.75, 3.05) is 7.11 Å². The standard InChI is InChI=1S/C7H11F2NO2.ClH/c1-12-6(11)5(10)4-2-7(8,9)3-4;/h4-5H,2-3,10H2,1H3;1H. The highest BCUT2D eigenvalue weighted by Gasteiger charge is 2.49. The predicted octanol–water partition coefficient (Wildman–Crippen LogP) is 0.954. The SMILES string of the molecule is COC(=O)C(N)C1CC(F)(F)C1.Cl. The molecule has 1 aliphatic carbocycles. The van der Waals surface area contributed by atoms with Crippen LogP contribution in [0.1, 0.15) is 12.8 Å². The van der Waals surface area contributed by atoms with E-state index in [0.717, 1.165) is 0 Å². The number of nitrogens with two attached hydrogens (primary N) is 1. The van der Waals surface area contributed by atoms with E-state index in [0.29, 0.717) is 0 Å². The Hall–Kier alpha value is -0.420. The smallest absolute Gasteiger partial charge is 0.322 e. The zero-order chi connectivity index (χ0) is 9.35. The lowest BCUT2D eigenvalue weighted by molar-refractivity contribution is -0.153. The van der Waals surface area contributed by atoms with Crippen molar-refractivity contribution in [1.82, 2.24) is 0 Å². The van der Waals surface area contributed by atoms with Crippen molar-refractivity contribution in [3.05, 3.63) is 0 Å². The van der Waals surface area contributed by atoms with Crippen LogP contribution in [0.4, 0.5) is 8.78 Å². The summed E-state index contributed by atoms with van der Waals surface area (Å²) in [7, 11) is 1.19. The fourth-order valence-corrected chi connectivity index (χ4v) is 1.29. The van der Waals surface area contributed by atoms with E-state index >= 15 is 0 Å². The van der Waals surface area contributed by atoms with Gasteiger partial charge in [-0.15, -0.1) is 12.4 Å². The van der Waals surface area contributed by atoms with Crippen molar-refractivity contribution >= 4 is 18.4 Å². The number of halogens is 3. The number of carbonyl (C=O) groups excluding carboxylic acids is 1. The third-order valence-electron chi connectivity index (χ3n) is 2.10. The van der Waals surface area contributed by atoms with Crippen molar-refractivity contribution in [2.24, 2.45) is 11.7 Å². The van der Waals surface area contributed by atoms with E-state index in [1.807, 2.05) is 0 Å². The van der Waals surface area contributed by atoms with E-state index in [4.69, 9.17) is 5.73 Å². The Labute approximate surface area is 81.0 Å². The van der Waals surface area contributed by atoms with Crippen LogP contribution in [0.2, 0.25) is 0 Å². The average molecular weight is 216 g/mol. The van der Waals surface area contributed by atoms with Crippen LogP contribution in [-0.4, -0.2) is 25.0 Å². The molecule has 13 heavy (non-hydrogen) atoms. The summed E-state index contributed by atoms with van der Waals surface area (Å²) in [5.41, 5.74) is 5.35. The number of ether oxygens (including phenoxy) is 1. The minimum Gasteiger partial charge on any atom is -0.468 e. The molecule has 0 aromatic rings. The van der Waals surface area contributed by atoms with Gasteiger partial charge in [0.05, 0.1) is 7.11 Å². The molecule has 1 unspecified atom stereocenters. The van der Waals surface area contributed by atoms with E-state index in [1.54, 1.807) is 0 Å². The fourth-order valence-electron chi connectivity index (χ4n) is 1.29. The number of hydrogen-bond acceptors (Lipinski definition) is 3. The molecule has 3 nitrogen and oxygen atoms in total. The lowest BCUT2D eigenvalue weighted by Gasteiger charge is -2.37. The first-order valence-electron chi connectivity index (χ1n) is 3.67. The van der Waals surface area contributed by atoms with Gasteiger partial charge in [0.15, 0.2) is 0 Å². The first-order valence-corrected chi connectivity index (χ1v) is 3.67. The van der Waals surface area contributed by atoms with Gasteiger partial charge in [0.1, 0.15) is 6.04 Å². The molecule has 1 aliphatic rings. The van der Waals surface area contributed by atoms with E-state index in [1.165, 1.54) is 7.11 Å². The molecule has 1 saturated carbocycles. The number of hydrogen-bond donors (Lipinski definition) is 1. The third-order valence-corrected chi connectivity index (χ3v) is 2.10. The summed E-state index contributed by atoms with van der Waals surface area (Å²) >= 11 is 0. The van der Waals surface area contributed by atoms with Gasteiger partial charge < -0.3 is 10.5 Å². The van der Waals surface area contributed by atoms with Crippen molar-refractivity contribution in [1.29, 1.82) is 0 Å². The predicted molar refractivity (Wildman–Crippen MR) is 44.9 cm³/mol. The van der Waals surface area contributed by atoms with Crippen LogP contribution in [0.15, 0.2) is 0 Å². The van der Waals surface area contributed by atoms with E-state index in [2.05, 4.69) is 4.74 Å². The monoisotopic (exact) mass is 215 g/mol. The Kier molecular flexibility index (Phi) is 4.06.